The van der Waals surface area contributed by atoms with E-state index in [-0.39, 0.29) is 30.5 Å². The molecule has 2 aliphatic carbocycles. The van der Waals surface area contributed by atoms with Gasteiger partial charge in [-0.3, -0.25) is 0 Å². The zero-order valence-corrected chi connectivity index (χ0v) is 13.2. The molecule has 0 aliphatic heterocycles. The molecular formula is C16H30O5. The summed E-state index contributed by atoms with van der Waals surface area (Å²) < 4.78 is 17.6. The van der Waals surface area contributed by atoms with Gasteiger partial charge in [0.25, 0.3) is 0 Å². The Morgan fingerprint density at radius 3 is 2.05 bits per heavy atom. The smallest absolute Gasteiger partial charge is 0.0867 e. The fraction of sp³-hybridized carbons (Fsp3) is 1.00. The van der Waals surface area contributed by atoms with Crippen molar-refractivity contribution in [3.05, 3.63) is 0 Å². The molecule has 4 atom stereocenters. The van der Waals surface area contributed by atoms with Crippen LogP contribution in [0.3, 0.4) is 0 Å². The average molecular weight is 302 g/mol. The predicted octanol–water partition coefficient (Wildman–Crippen LogP) is 1.64. The van der Waals surface area contributed by atoms with Gasteiger partial charge in [-0.05, 0) is 39.5 Å². The molecule has 0 saturated heterocycles. The lowest BCUT2D eigenvalue weighted by molar-refractivity contribution is -0.179. The van der Waals surface area contributed by atoms with Crippen LogP contribution in [0.5, 0.6) is 0 Å². The number of rotatable bonds is 6. The minimum atomic E-state index is -0.477. The van der Waals surface area contributed by atoms with Crippen molar-refractivity contribution in [1.29, 1.82) is 0 Å². The van der Waals surface area contributed by atoms with Crippen LogP contribution in [-0.2, 0) is 14.2 Å². The zero-order chi connectivity index (χ0) is 15.2. The van der Waals surface area contributed by atoms with Crippen LogP contribution >= 0.6 is 0 Å². The van der Waals surface area contributed by atoms with Gasteiger partial charge >= 0.3 is 0 Å². The van der Waals surface area contributed by atoms with Gasteiger partial charge in [0, 0.05) is 26.1 Å². The molecule has 21 heavy (non-hydrogen) atoms. The van der Waals surface area contributed by atoms with Crippen LogP contribution in [0.15, 0.2) is 0 Å². The van der Waals surface area contributed by atoms with Crippen molar-refractivity contribution in [2.45, 2.75) is 89.0 Å². The van der Waals surface area contributed by atoms with Gasteiger partial charge in [0.2, 0.25) is 0 Å². The molecule has 5 heteroatoms. The molecule has 2 rings (SSSR count). The molecule has 2 fully saturated rings. The maximum Gasteiger partial charge on any atom is 0.0867 e. The topological polar surface area (TPSA) is 68.2 Å². The van der Waals surface area contributed by atoms with E-state index in [0.717, 1.165) is 25.7 Å². The van der Waals surface area contributed by atoms with Crippen molar-refractivity contribution < 1.29 is 24.4 Å². The van der Waals surface area contributed by atoms with Gasteiger partial charge in [-0.2, -0.15) is 0 Å². The Balaban J connectivity index is 1.91. The highest BCUT2D eigenvalue weighted by molar-refractivity contribution is 4.89. The van der Waals surface area contributed by atoms with Crippen molar-refractivity contribution >= 4 is 0 Å². The minimum absolute atomic E-state index is 0.0230. The number of aliphatic hydroxyl groups is 2. The van der Waals surface area contributed by atoms with Gasteiger partial charge in [-0.25, -0.2) is 0 Å². The Hall–Kier alpha value is -0.200. The molecular weight excluding hydrogens is 272 g/mol. The lowest BCUT2D eigenvalue weighted by Gasteiger charge is -2.40. The van der Waals surface area contributed by atoms with Gasteiger partial charge in [0.1, 0.15) is 0 Å². The second-order valence-electron chi connectivity index (χ2n) is 6.13. The highest BCUT2D eigenvalue weighted by atomic mass is 16.6. The molecule has 0 spiro atoms. The Labute approximate surface area is 127 Å². The molecule has 2 N–H and O–H groups in total. The van der Waals surface area contributed by atoms with Crippen LogP contribution in [-0.4, -0.2) is 60.1 Å². The zero-order valence-electron chi connectivity index (χ0n) is 13.2. The van der Waals surface area contributed by atoms with E-state index in [0.29, 0.717) is 26.1 Å². The third-order valence-electron chi connectivity index (χ3n) is 4.55. The largest absolute Gasteiger partial charge is 0.393 e. The van der Waals surface area contributed by atoms with E-state index in [1.807, 2.05) is 13.8 Å². The Morgan fingerprint density at radius 1 is 0.810 bits per heavy atom. The van der Waals surface area contributed by atoms with Crippen LogP contribution in [0.1, 0.15) is 52.4 Å². The number of aliphatic hydroxyl groups excluding tert-OH is 2. The molecule has 0 amide bonds. The van der Waals surface area contributed by atoms with Crippen molar-refractivity contribution in [2.24, 2.45) is 0 Å². The summed E-state index contributed by atoms with van der Waals surface area (Å²) in [6.07, 6.45) is 3.98. The predicted molar refractivity (Wildman–Crippen MR) is 79.2 cm³/mol. The lowest BCUT2D eigenvalue weighted by Crippen LogP contribution is -2.49. The van der Waals surface area contributed by atoms with E-state index >= 15 is 0 Å². The summed E-state index contributed by atoms with van der Waals surface area (Å²) in [5.41, 5.74) is 0. The van der Waals surface area contributed by atoms with E-state index < -0.39 is 6.10 Å². The Bertz CT molecular complexity index is 290. The van der Waals surface area contributed by atoms with Gasteiger partial charge in [0.05, 0.1) is 36.6 Å². The SMILES string of the molecule is CCOC1CC(OC2CCC(O)CC2)C(OCC)CC1O. The number of hydrogen-bond acceptors (Lipinski definition) is 5. The van der Waals surface area contributed by atoms with Gasteiger partial charge in [0.15, 0.2) is 0 Å². The molecule has 0 aromatic carbocycles. The fourth-order valence-corrected chi connectivity index (χ4v) is 3.43. The maximum atomic E-state index is 10.2. The van der Waals surface area contributed by atoms with Crippen LogP contribution in [0, 0.1) is 0 Å². The van der Waals surface area contributed by atoms with Gasteiger partial charge in [-0.15, -0.1) is 0 Å². The summed E-state index contributed by atoms with van der Waals surface area (Å²) >= 11 is 0. The molecule has 0 aromatic heterocycles. The fourth-order valence-electron chi connectivity index (χ4n) is 3.43. The molecule has 2 aliphatic rings. The molecule has 4 unspecified atom stereocenters. The van der Waals surface area contributed by atoms with E-state index in [9.17, 15) is 10.2 Å². The number of ether oxygens (including phenoxy) is 3. The molecule has 2 saturated carbocycles. The lowest BCUT2D eigenvalue weighted by atomic mass is 9.88. The van der Waals surface area contributed by atoms with E-state index in [4.69, 9.17) is 14.2 Å². The van der Waals surface area contributed by atoms with Crippen molar-refractivity contribution in [3.63, 3.8) is 0 Å². The molecule has 0 heterocycles. The first-order valence-corrected chi connectivity index (χ1v) is 8.38. The van der Waals surface area contributed by atoms with Crippen LogP contribution in [0.25, 0.3) is 0 Å². The summed E-state index contributed by atoms with van der Waals surface area (Å²) in [5.74, 6) is 0. The average Bonchev–Trinajstić information content (AvgIpc) is 2.46. The quantitative estimate of drug-likeness (QED) is 0.781. The molecule has 0 radical (unpaired) electrons. The van der Waals surface area contributed by atoms with E-state index in [2.05, 4.69) is 0 Å². The molecule has 0 bridgehead atoms. The number of hydrogen-bond donors (Lipinski definition) is 2. The highest BCUT2D eigenvalue weighted by Crippen LogP contribution is 2.31. The van der Waals surface area contributed by atoms with Crippen LogP contribution < -0.4 is 0 Å². The van der Waals surface area contributed by atoms with Crippen LogP contribution in [0.2, 0.25) is 0 Å². The summed E-state index contributed by atoms with van der Waals surface area (Å²) in [7, 11) is 0. The van der Waals surface area contributed by atoms with Crippen molar-refractivity contribution in [3.8, 4) is 0 Å². The molecule has 0 aromatic rings. The first-order valence-electron chi connectivity index (χ1n) is 8.38. The molecule has 124 valence electrons. The van der Waals surface area contributed by atoms with Gasteiger partial charge < -0.3 is 24.4 Å². The van der Waals surface area contributed by atoms with E-state index in [1.54, 1.807) is 0 Å². The van der Waals surface area contributed by atoms with E-state index in [1.165, 1.54) is 0 Å². The third kappa shape index (κ3) is 4.89. The second-order valence-corrected chi connectivity index (χ2v) is 6.13. The Morgan fingerprint density at radius 2 is 1.43 bits per heavy atom. The van der Waals surface area contributed by atoms with Gasteiger partial charge in [-0.1, -0.05) is 0 Å². The Kier molecular flexibility index (Phi) is 6.89. The van der Waals surface area contributed by atoms with Crippen molar-refractivity contribution in [1.82, 2.24) is 0 Å². The highest BCUT2D eigenvalue weighted by Gasteiger charge is 2.39. The second kappa shape index (κ2) is 8.44. The maximum absolute atomic E-state index is 10.2. The summed E-state index contributed by atoms with van der Waals surface area (Å²) in [4.78, 5) is 0. The standard InChI is InChI=1S/C16H30O5/c1-3-19-14-10-16(15(20-4-2)9-13(14)18)21-12-7-5-11(17)6-8-12/h11-18H,3-10H2,1-2H3. The first kappa shape index (κ1) is 17.2. The monoisotopic (exact) mass is 302 g/mol. The minimum Gasteiger partial charge on any atom is -0.393 e. The summed E-state index contributed by atoms with van der Waals surface area (Å²) in [6, 6.07) is 0. The first-order chi connectivity index (χ1) is 10.1. The van der Waals surface area contributed by atoms with Crippen molar-refractivity contribution in [2.75, 3.05) is 13.2 Å². The normalized spacial score (nSPS) is 41.1. The van der Waals surface area contributed by atoms with Crippen LogP contribution in [0.4, 0.5) is 0 Å². The molecule has 5 nitrogen and oxygen atoms in total. The third-order valence-corrected chi connectivity index (χ3v) is 4.55. The summed E-state index contributed by atoms with van der Waals surface area (Å²) in [6.45, 7) is 5.14. The summed E-state index contributed by atoms with van der Waals surface area (Å²) in [5, 5.41) is 19.7.